The van der Waals surface area contributed by atoms with Crippen LogP contribution in [0.3, 0.4) is 0 Å². The third-order valence-corrected chi connectivity index (χ3v) is 5.55. The Balaban J connectivity index is 1.36. The second-order valence-corrected chi connectivity index (χ2v) is 7.71. The molecule has 3 amide bonds. The molecule has 0 radical (unpaired) electrons. The number of carbonyl (C=O) groups excluding carboxylic acids is 3. The number of morpholine rings is 1. The zero-order valence-electron chi connectivity index (χ0n) is 17.2. The number of anilines is 2. The number of amides is 3. The Morgan fingerprint density at radius 1 is 1.00 bits per heavy atom. The van der Waals surface area contributed by atoms with Gasteiger partial charge < -0.3 is 15.0 Å². The second kappa shape index (κ2) is 8.28. The molecule has 2 aromatic carbocycles. The Bertz CT molecular complexity index is 1010. The van der Waals surface area contributed by atoms with Crippen LogP contribution in [0.15, 0.2) is 36.4 Å². The predicted molar refractivity (Wildman–Crippen MR) is 114 cm³/mol. The molecule has 2 heterocycles. The van der Waals surface area contributed by atoms with E-state index in [4.69, 9.17) is 4.74 Å². The van der Waals surface area contributed by atoms with Crippen LogP contribution in [0.2, 0.25) is 0 Å². The monoisotopic (exact) mass is 407 g/mol. The smallest absolute Gasteiger partial charge is 0.261 e. The summed E-state index contributed by atoms with van der Waals surface area (Å²) in [5.41, 5.74) is 4.54. The van der Waals surface area contributed by atoms with Crippen molar-refractivity contribution in [2.45, 2.75) is 20.3 Å². The van der Waals surface area contributed by atoms with Crippen molar-refractivity contribution in [2.75, 3.05) is 43.1 Å². The number of hydrogen-bond donors (Lipinski definition) is 1. The summed E-state index contributed by atoms with van der Waals surface area (Å²) in [7, 11) is 0. The summed E-state index contributed by atoms with van der Waals surface area (Å²) in [6.07, 6.45) is 0.0507. The minimum Gasteiger partial charge on any atom is -0.378 e. The van der Waals surface area contributed by atoms with Crippen molar-refractivity contribution < 1.29 is 19.1 Å². The minimum absolute atomic E-state index is 0.0507. The molecule has 4 rings (SSSR count). The molecule has 0 spiro atoms. The fourth-order valence-corrected chi connectivity index (χ4v) is 3.84. The van der Waals surface area contributed by atoms with Gasteiger partial charge >= 0.3 is 0 Å². The number of nitrogens with one attached hydrogen (secondary N) is 1. The van der Waals surface area contributed by atoms with Gasteiger partial charge in [-0.2, -0.15) is 0 Å². The van der Waals surface area contributed by atoms with E-state index < -0.39 is 0 Å². The highest BCUT2D eigenvalue weighted by Crippen LogP contribution is 2.25. The molecule has 1 N–H and O–H groups in total. The summed E-state index contributed by atoms with van der Waals surface area (Å²) in [4.78, 5) is 40.9. The van der Waals surface area contributed by atoms with E-state index in [1.807, 2.05) is 38.1 Å². The summed E-state index contributed by atoms with van der Waals surface area (Å²) in [6, 6.07) is 11.1. The van der Waals surface area contributed by atoms with Crippen LogP contribution in [0.25, 0.3) is 0 Å². The average molecular weight is 407 g/mol. The Kier molecular flexibility index (Phi) is 5.55. The number of aryl methyl sites for hydroxylation is 2. The van der Waals surface area contributed by atoms with Crippen LogP contribution >= 0.6 is 0 Å². The Hall–Kier alpha value is -3.19. The van der Waals surface area contributed by atoms with E-state index in [0.717, 1.165) is 53.7 Å². The second-order valence-electron chi connectivity index (χ2n) is 7.71. The first-order valence-electron chi connectivity index (χ1n) is 10.1. The van der Waals surface area contributed by atoms with Gasteiger partial charge in [0.2, 0.25) is 5.91 Å². The third-order valence-electron chi connectivity index (χ3n) is 5.55. The molecule has 0 unspecified atom stereocenters. The van der Waals surface area contributed by atoms with Crippen LogP contribution in [-0.2, 0) is 9.53 Å². The van der Waals surface area contributed by atoms with Crippen LogP contribution < -0.4 is 10.2 Å². The van der Waals surface area contributed by atoms with Gasteiger partial charge in [-0.1, -0.05) is 11.6 Å². The molecule has 7 nitrogen and oxygen atoms in total. The fraction of sp³-hybridized carbons (Fsp3) is 0.348. The van der Waals surface area contributed by atoms with Crippen molar-refractivity contribution >= 4 is 29.1 Å². The van der Waals surface area contributed by atoms with E-state index in [0.29, 0.717) is 11.1 Å². The minimum atomic E-state index is -0.339. The highest BCUT2D eigenvalue weighted by molar-refractivity contribution is 6.21. The lowest BCUT2D eigenvalue weighted by Crippen LogP contribution is -2.36. The molecular weight excluding hydrogens is 382 g/mol. The number of carbonyl (C=O) groups is 3. The standard InChI is InChI=1S/C23H25N3O4/c1-15-3-5-18-19(13-15)23(29)26(22(18)28)8-7-21(27)24-20-6-4-17(14-16(20)2)25-9-11-30-12-10-25/h3-6,13-14H,7-12H2,1-2H3,(H,24,27). The maximum atomic E-state index is 12.5. The largest absolute Gasteiger partial charge is 0.378 e. The van der Waals surface area contributed by atoms with Gasteiger partial charge in [0.05, 0.1) is 24.3 Å². The van der Waals surface area contributed by atoms with Gasteiger partial charge in [0.15, 0.2) is 0 Å². The van der Waals surface area contributed by atoms with Gasteiger partial charge in [0, 0.05) is 37.4 Å². The molecule has 156 valence electrons. The molecule has 0 saturated carbocycles. The zero-order chi connectivity index (χ0) is 21.3. The fourth-order valence-electron chi connectivity index (χ4n) is 3.84. The van der Waals surface area contributed by atoms with Crippen molar-refractivity contribution in [3.63, 3.8) is 0 Å². The highest BCUT2D eigenvalue weighted by atomic mass is 16.5. The lowest BCUT2D eigenvalue weighted by atomic mass is 10.1. The van der Waals surface area contributed by atoms with Crippen LogP contribution in [0.5, 0.6) is 0 Å². The summed E-state index contributed by atoms with van der Waals surface area (Å²) >= 11 is 0. The molecule has 0 bridgehead atoms. The van der Waals surface area contributed by atoms with E-state index >= 15 is 0 Å². The number of ether oxygens (including phenoxy) is 1. The molecule has 1 fully saturated rings. The molecule has 7 heteroatoms. The first kappa shape index (κ1) is 20.1. The number of benzene rings is 2. The van der Waals surface area contributed by atoms with E-state index in [1.54, 1.807) is 12.1 Å². The molecule has 2 aliphatic heterocycles. The Labute approximate surface area is 175 Å². The van der Waals surface area contributed by atoms with E-state index in [-0.39, 0.29) is 30.7 Å². The van der Waals surface area contributed by atoms with Crippen LogP contribution in [-0.4, -0.2) is 55.5 Å². The molecule has 0 aliphatic carbocycles. The van der Waals surface area contributed by atoms with Crippen molar-refractivity contribution in [2.24, 2.45) is 0 Å². The number of rotatable bonds is 5. The van der Waals surface area contributed by atoms with Gasteiger partial charge in [-0.25, -0.2) is 0 Å². The average Bonchev–Trinajstić information content (AvgIpc) is 2.98. The normalized spacial score (nSPS) is 16.1. The molecule has 0 aromatic heterocycles. The lowest BCUT2D eigenvalue weighted by Gasteiger charge is -2.29. The van der Waals surface area contributed by atoms with Crippen molar-refractivity contribution in [3.05, 3.63) is 58.7 Å². The van der Waals surface area contributed by atoms with Crippen molar-refractivity contribution in [3.8, 4) is 0 Å². The van der Waals surface area contributed by atoms with Gasteiger partial charge in [0.25, 0.3) is 11.8 Å². The number of hydrogen-bond acceptors (Lipinski definition) is 5. The summed E-state index contributed by atoms with van der Waals surface area (Å²) < 4.78 is 5.39. The topological polar surface area (TPSA) is 79.0 Å². The van der Waals surface area contributed by atoms with E-state index in [9.17, 15) is 14.4 Å². The number of fused-ring (bicyclic) bond motifs is 1. The van der Waals surface area contributed by atoms with E-state index in [1.165, 1.54) is 0 Å². The first-order chi connectivity index (χ1) is 14.4. The Morgan fingerprint density at radius 3 is 2.47 bits per heavy atom. The summed E-state index contributed by atoms with van der Waals surface area (Å²) in [5.74, 6) is -0.906. The molecular formula is C23H25N3O4. The van der Waals surface area contributed by atoms with Gasteiger partial charge in [-0.15, -0.1) is 0 Å². The van der Waals surface area contributed by atoms with Crippen LogP contribution in [0.4, 0.5) is 11.4 Å². The first-order valence-corrected chi connectivity index (χ1v) is 10.1. The van der Waals surface area contributed by atoms with Crippen molar-refractivity contribution in [1.82, 2.24) is 4.90 Å². The SMILES string of the molecule is Cc1ccc2c(c1)C(=O)N(CCC(=O)Nc1ccc(N3CCOCC3)cc1C)C2=O. The quantitative estimate of drug-likeness (QED) is 0.771. The van der Waals surface area contributed by atoms with Crippen molar-refractivity contribution in [1.29, 1.82) is 0 Å². The van der Waals surface area contributed by atoms with Crippen LogP contribution in [0.1, 0.15) is 38.3 Å². The molecule has 30 heavy (non-hydrogen) atoms. The van der Waals surface area contributed by atoms with E-state index in [2.05, 4.69) is 10.2 Å². The lowest BCUT2D eigenvalue weighted by molar-refractivity contribution is -0.116. The number of nitrogens with zero attached hydrogens (tertiary/aromatic N) is 2. The molecule has 0 atom stereocenters. The highest BCUT2D eigenvalue weighted by Gasteiger charge is 2.35. The third kappa shape index (κ3) is 3.93. The van der Waals surface area contributed by atoms with Gasteiger partial charge in [-0.3, -0.25) is 19.3 Å². The molecule has 1 saturated heterocycles. The molecule has 2 aliphatic rings. The number of imide groups is 1. The molecule has 2 aromatic rings. The van der Waals surface area contributed by atoms with Gasteiger partial charge in [0.1, 0.15) is 0 Å². The van der Waals surface area contributed by atoms with Crippen LogP contribution in [0, 0.1) is 13.8 Å². The van der Waals surface area contributed by atoms with Gasteiger partial charge in [-0.05, 0) is 49.7 Å². The maximum Gasteiger partial charge on any atom is 0.261 e. The summed E-state index contributed by atoms with van der Waals surface area (Å²) in [5, 5.41) is 2.89. The maximum absolute atomic E-state index is 12.5. The predicted octanol–water partition coefficient (Wildman–Crippen LogP) is 2.76. The Morgan fingerprint density at radius 2 is 1.73 bits per heavy atom. The zero-order valence-corrected chi connectivity index (χ0v) is 17.2. The summed E-state index contributed by atoms with van der Waals surface area (Å²) in [6.45, 7) is 7.02.